The van der Waals surface area contributed by atoms with Gasteiger partial charge < -0.3 is 8.98 Å². The molecule has 4 nitrogen and oxygen atoms in total. The van der Waals surface area contributed by atoms with Crippen molar-refractivity contribution in [2.24, 2.45) is 15.9 Å². The maximum absolute atomic E-state index is 6.78. The number of aliphatic imine (C=N–C) groups is 2. The summed E-state index contributed by atoms with van der Waals surface area (Å²) in [5.41, 5.74) is 19.4. The summed E-state index contributed by atoms with van der Waals surface area (Å²) < 4.78 is 9.31. The zero-order valence-corrected chi connectivity index (χ0v) is 36.9. The van der Waals surface area contributed by atoms with Gasteiger partial charge in [0, 0.05) is 50.2 Å². The Morgan fingerprint density at radius 2 is 1.41 bits per heavy atom. The second-order valence-corrected chi connectivity index (χ2v) is 18.8. The van der Waals surface area contributed by atoms with Crippen LogP contribution in [-0.4, -0.2) is 22.2 Å². The quantitative estimate of drug-likeness (QED) is 0.170. The zero-order valence-electron chi connectivity index (χ0n) is 36.9. The molecule has 3 unspecified atom stereocenters. The normalized spacial score (nSPS) is 19.8. The molecule has 5 aliphatic rings. The van der Waals surface area contributed by atoms with Crippen LogP contribution in [0.4, 0.5) is 0 Å². The summed E-state index contributed by atoms with van der Waals surface area (Å²) in [6.07, 6.45) is 16.2. The topological polar surface area (TPSA) is 42.8 Å². The van der Waals surface area contributed by atoms with Crippen LogP contribution < -0.4 is 0 Å². The van der Waals surface area contributed by atoms with Crippen molar-refractivity contribution in [3.05, 3.63) is 227 Å². The molecule has 0 saturated carbocycles. The third-order valence-electron chi connectivity index (χ3n) is 15.6. The zero-order chi connectivity index (χ0) is 43.5. The molecule has 0 bridgehead atoms. The average molecular weight is 850 g/mol. The van der Waals surface area contributed by atoms with Crippen LogP contribution in [0, 0.1) is 5.92 Å². The predicted molar refractivity (Wildman–Crippen MR) is 272 cm³/mol. The van der Waals surface area contributed by atoms with E-state index < -0.39 is 5.41 Å². The van der Waals surface area contributed by atoms with Gasteiger partial charge >= 0.3 is 0 Å². The van der Waals surface area contributed by atoms with E-state index in [9.17, 15) is 0 Å². The lowest BCUT2D eigenvalue weighted by atomic mass is 9.70. The summed E-state index contributed by atoms with van der Waals surface area (Å²) >= 11 is 0. The van der Waals surface area contributed by atoms with Gasteiger partial charge in [0.1, 0.15) is 11.3 Å². The minimum Gasteiger partial charge on any atom is -0.460 e. The highest BCUT2D eigenvalue weighted by Gasteiger charge is 2.52. The average Bonchev–Trinajstić information content (AvgIpc) is 4.06. The van der Waals surface area contributed by atoms with Crippen LogP contribution in [0.15, 0.2) is 202 Å². The first-order valence-corrected chi connectivity index (χ1v) is 23.9. The molecular formula is C62H47N3O. The Morgan fingerprint density at radius 1 is 0.682 bits per heavy atom. The summed E-state index contributed by atoms with van der Waals surface area (Å²) in [7, 11) is 0. The molecule has 4 aliphatic carbocycles. The van der Waals surface area contributed by atoms with Crippen molar-refractivity contribution >= 4 is 50.4 Å². The molecule has 316 valence electrons. The van der Waals surface area contributed by atoms with Crippen LogP contribution in [0.1, 0.15) is 84.1 Å². The van der Waals surface area contributed by atoms with Gasteiger partial charge in [0.25, 0.3) is 0 Å². The van der Waals surface area contributed by atoms with E-state index >= 15 is 0 Å². The minimum absolute atomic E-state index is 0.0136. The van der Waals surface area contributed by atoms with E-state index in [0.717, 1.165) is 60.5 Å². The van der Waals surface area contributed by atoms with E-state index in [1.807, 2.05) is 0 Å². The Hall–Kier alpha value is -7.56. The van der Waals surface area contributed by atoms with Crippen molar-refractivity contribution in [3.8, 4) is 27.9 Å². The van der Waals surface area contributed by atoms with Crippen molar-refractivity contribution in [1.82, 2.24) is 4.57 Å². The molecule has 0 N–H and O–H groups in total. The molecule has 14 rings (SSSR count). The number of allylic oxidation sites excluding steroid dienone is 5. The molecule has 0 amide bonds. The molecule has 0 fully saturated rings. The van der Waals surface area contributed by atoms with Crippen molar-refractivity contribution in [2.75, 3.05) is 0 Å². The Balaban J connectivity index is 0.999. The lowest BCUT2D eigenvalue weighted by Crippen LogP contribution is -2.28. The van der Waals surface area contributed by atoms with Gasteiger partial charge in [0.05, 0.1) is 22.5 Å². The van der Waals surface area contributed by atoms with E-state index in [4.69, 9.17) is 14.4 Å². The Labute approximate surface area is 384 Å². The molecule has 0 radical (unpaired) electrons. The van der Waals surface area contributed by atoms with E-state index in [2.05, 4.69) is 200 Å². The van der Waals surface area contributed by atoms with Crippen molar-refractivity contribution in [3.63, 3.8) is 0 Å². The fourth-order valence-corrected chi connectivity index (χ4v) is 12.8. The van der Waals surface area contributed by atoms with Crippen LogP contribution in [0.25, 0.3) is 66.8 Å². The fourth-order valence-electron chi connectivity index (χ4n) is 12.8. The SMILES string of the molecule is CCC1CC(C2=CC=CCC2)=NC(c2cccc(-n3c4ccccc4c4ccc5c(c43)-c3ccccc3C53c4ccccc4-c4ccccc43)c2)=NC1C1CC=Cc2c1oc1ccccc21. The first-order chi connectivity index (χ1) is 32.7. The molecular weight excluding hydrogens is 803 g/mol. The fraction of sp³-hybridized carbons (Fsp3) is 0.161. The maximum atomic E-state index is 6.78. The highest BCUT2D eigenvalue weighted by Crippen LogP contribution is 2.64. The van der Waals surface area contributed by atoms with Crippen molar-refractivity contribution in [1.29, 1.82) is 0 Å². The molecule has 0 saturated heterocycles. The Morgan fingerprint density at radius 3 is 2.20 bits per heavy atom. The summed E-state index contributed by atoms with van der Waals surface area (Å²) in [5, 5.41) is 3.67. The van der Waals surface area contributed by atoms with Crippen LogP contribution >= 0.6 is 0 Å². The molecule has 66 heavy (non-hydrogen) atoms. The summed E-state index contributed by atoms with van der Waals surface area (Å²) in [6.45, 7) is 2.33. The molecule has 2 aromatic heterocycles. The second kappa shape index (κ2) is 14.5. The number of para-hydroxylation sites is 2. The van der Waals surface area contributed by atoms with Crippen LogP contribution in [0.2, 0.25) is 0 Å². The number of hydrogen-bond acceptors (Lipinski definition) is 3. The van der Waals surface area contributed by atoms with E-state index in [1.165, 1.54) is 88.5 Å². The van der Waals surface area contributed by atoms with E-state index in [1.54, 1.807) is 0 Å². The third kappa shape index (κ3) is 5.21. The van der Waals surface area contributed by atoms with Gasteiger partial charge in [0.15, 0.2) is 5.84 Å². The molecule has 1 spiro atoms. The number of furan rings is 1. The number of aromatic nitrogens is 1. The number of amidine groups is 1. The van der Waals surface area contributed by atoms with Crippen LogP contribution in [0.3, 0.4) is 0 Å². The molecule has 9 aromatic rings. The van der Waals surface area contributed by atoms with E-state index in [0.29, 0.717) is 5.92 Å². The molecule has 4 heteroatoms. The Bertz CT molecular complexity index is 3630. The van der Waals surface area contributed by atoms with E-state index in [-0.39, 0.29) is 12.0 Å². The number of benzene rings is 7. The van der Waals surface area contributed by atoms with Crippen molar-refractivity contribution < 1.29 is 4.42 Å². The van der Waals surface area contributed by atoms with Crippen molar-refractivity contribution in [2.45, 2.75) is 56.4 Å². The summed E-state index contributed by atoms with van der Waals surface area (Å²) in [4.78, 5) is 11.5. The molecule has 3 atom stereocenters. The number of rotatable bonds is 5. The summed E-state index contributed by atoms with van der Waals surface area (Å²) in [6, 6.07) is 58.6. The van der Waals surface area contributed by atoms with Gasteiger partial charge in [0.2, 0.25) is 0 Å². The monoisotopic (exact) mass is 849 g/mol. The lowest BCUT2D eigenvalue weighted by Gasteiger charge is -2.30. The highest BCUT2D eigenvalue weighted by atomic mass is 16.3. The Kier molecular flexibility index (Phi) is 8.28. The lowest BCUT2D eigenvalue weighted by molar-refractivity contribution is 0.336. The first kappa shape index (κ1) is 37.8. The largest absolute Gasteiger partial charge is 0.460 e. The standard InChI is InChI=1S/C62H47N3O/c1-2-38-37-54(39-18-4-3-5-19-39)63-61(64-58(38)49-28-17-27-47-45-25-10-15-33-56(45)66-60(47)49)40-20-16-21-41(36-40)65-55-32-14-9-24-44(55)46-34-35-53-57(59(46)65)48-26-8-13-31-52(48)62(53)50-29-11-6-22-42(50)43-23-7-12-30-51(43)62/h3-4,6-18,20-27,29-36,38,49,58H,2,5,19,28,37H2,1H3. The second-order valence-electron chi connectivity index (χ2n) is 18.8. The van der Waals surface area contributed by atoms with Gasteiger partial charge in [-0.25, -0.2) is 4.99 Å². The van der Waals surface area contributed by atoms with Gasteiger partial charge in [-0.15, -0.1) is 0 Å². The van der Waals surface area contributed by atoms with Gasteiger partial charge in [-0.2, -0.15) is 0 Å². The van der Waals surface area contributed by atoms with Gasteiger partial charge in [-0.3, -0.25) is 4.99 Å². The molecule has 1 aliphatic heterocycles. The summed E-state index contributed by atoms with van der Waals surface area (Å²) in [5.74, 6) is 2.28. The smallest absolute Gasteiger partial charge is 0.155 e. The van der Waals surface area contributed by atoms with Gasteiger partial charge in [-0.05, 0) is 100 Å². The predicted octanol–water partition coefficient (Wildman–Crippen LogP) is 15.3. The van der Waals surface area contributed by atoms with Crippen LogP contribution in [0.5, 0.6) is 0 Å². The molecule has 7 aromatic carbocycles. The number of nitrogens with zero attached hydrogens (tertiary/aromatic N) is 3. The van der Waals surface area contributed by atoms with Crippen LogP contribution in [-0.2, 0) is 5.41 Å². The maximum Gasteiger partial charge on any atom is 0.155 e. The minimum atomic E-state index is -0.432. The third-order valence-corrected chi connectivity index (χ3v) is 15.6. The number of hydrogen-bond donors (Lipinski definition) is 0. The van der Waals surface area contributed by atoms with Gasteiger partial charge in [-0.1, -0.05) is 177 Å². The number of fused-ring (bicyclic) bond motifs is 17. The molecule has 3 heterocycles. The highest BCUT2D eigenvalue weighted by molar-refractivity contribution is 6.17. The first-order valence-electron chi connectivity index (χ1n) is 23.9.